The number of thiocarbonyl (C=S) groups is 1. The molecule has 7 heteroatoms. The number of ether oxygens (including phenoxy) is 2. The van der Waals surface area contributed by atoms with Crippen molar-refractivity contribution < 1.29 is 14.3 Å². The van der Waals surface area contributed by atoms with Crippen LogP contribution in [0.5, 0.6) is 5.75 Å². The Kier molecular flexibility index (Phi) is 4.85. The zero-order valence-corrected chi connectivity index (χ0v) is 12.9. The first-order valence-corrected chi connectivity index (χ1v) is 7.14. The molecule has 114 valence electrons. The summed E-state index contributed by atoms with van der Waals surface area (Å²) in [5, 5.41) is 2.99. The van der Waals surface area contributed by atoms with E-state index in [1.807, 2.05) is 38.1 Å². The third-order valence-corrected chi connectivity index (χ3v) is 3.04. The van der Waals surface area contributed by atoms with Gasteiger partial charge in [0.05, 0.1) is 19.2 Å². The molecule has 0 spiro atoms. The Morgan fingerprint density at radius 1 is 1.52 bits per heavy atom. The largest absolute Gasteiger partial charge is 0.491 e. The molecule has 0 unspecified atom stereocenters. The molecule has 0 aromatic heterocycles. The third kappa shape index (κ3) is 4.22. The van der Waals surface area contributed by atoms with E-state index in [4.69, 9.17) is 27.4 Å². The van der Waals surface area contributed by atoms with E-state index < -0.39 is 0 Å². The van der Waals surface area contributed by atoms with Crippen molar-refractivity contribution in [2.24, 2.45) is 5.73 Å². The van der Waals surface area contributed by atoms with Crippen LogP contribution < -0.4 is 20.7 Å². The predicted molar refractivity (Wildman–Crippen MR) is 84.6 cm³/mol. The fraction of sp³-hybridized carbons (Fsp3) is 0.429. The summed E-state index contributed by atoms with van der Waals surface area (Å²) in [7, 11) is 0. The number of anilines is 1. The van der Waals surface area contributed by atoms with Crippen molar-refractivity contribution in [3.63, 3.8) is 0 Å². The first-order valence-electron chi connectivity index (χ1n) is 6.74. The minimum absolute atomic E-state index is 0.114. The third-order valence-electron chi connectivity index (χ3n) is 2.90. The van der Waals surface area contributed by atoms with Gasteiger partial charge in [-0.25, -0.2) is 4.79 Å². The van der Waals surface area contributed by atoms with Crippen molar-refractivity contribution in [1.29, 1.82) is 0 Å². The van der Waals surface area contributed by atoms with E-state index in [0.717, 1.165) is 11.4 Å². The molecule has 0 radical (unpaired) electrons. The monoisotopic (exact) mass is 309 g/mol. The molecular formula is C14H19N3O3S. The minimum Gasteiger partial charge on any atom is -0.491 e. The molecule has 1 aliphatic rings. The summed E-state index contributed by atoms with van der Waals surface area (Å²) in [5.41, 5.74) is 6.13. The van der Waals surface area contributed by atoms with E-state index in [-0.39, 0.29) is 23.4 Å². The number of benzene rings is 1. The molecule has 0 saturated carbocycles. The van der Waals surface area contributed by atoms with Gasteiger partial charge in [0.15, 0.2) is 5.11 Å². The Bertz CT molecular complexity index is 519. The molecule has 0 aliphatic carbocycles. The highest BCUT2D eigenvalue weighted by Gasteiger charge is 2.32. The average Bonchev–Trinajstić information content (AvgIpc) is 2.78. The van der Waals surface area contributed by atoms with Crippen LogP contribution in [0.4, 0.5) is 10.5 Å². The van der Waals surface area contributed by atoms with E-state index in [1.54, 1.807) is 4.90 Å². The number of nitrogens with two attached hydrogens (primary N) is 1. The number of carbonyl (C=O) groups is 1. The fourth-order valence-corrected chi connectivity index (χ4v) is 2.11. The molecule has 0 bridgehead atoms. The Hall–Kier alpha value is -2.02. The molecule has 1 heterocycles. The van der Waals surface area contributed by atoms with Gasteiger partial charge in [-0.2, -0.15) is 0 Å². The lowest BCUT2D eigenvalue weighted by Gasteiger charge is -2.15. The molecule has 21 heavy (non-hydrogen) atoms. The van der Waals surface area contributed by atoms with E-state index in [9.17, 15) is 4.79 Å². The molecule has 3 N–H and O–H groups in total. The Morgan fingerprint density at radius 2 is 2.19 bits per heavy atom. The van der Waals surface area contributed by atoms with E-state index in [2.05, 4.69) is 5.32 Å². The molecule has 1 fully saturated rings. The molecule has 1 amide bonds. The maximum absolute atomic E-state index is 11.9. The highest BCUT2D eigenvalue weighted by Crippen LogP contribution is 2.24. The number of rotatable bonds is 5. The second-order valence-corrected chi connectivity index (χ2v) is 5.46. The Labute approximate surface area is 129 Å². The summed E-state index contributed by atoms with van der Waals surface area (Å²) in [4.78, 5) is 13.4. The van der Waals surface area contributed by atoms with E-state index >= 15 is 0 Å². The minimum atomic E-state index is -0.373. The van der Waals surface area contributed by atoms with Crippen molar-refractivity contribution in [2.75, 3.05) is 18.0 Å². The highest BCUT2D eigenvalue weighted by molar-refractivity contribution is 7.80. The predicted octanol–water partition coefficient (Wildman–Crippen LogP) is 1.63. The maximum Gasteiger partial charge on any atom is 0.414 e. The molecule has 1 aliphatic heterocycles. The number of amides is 1. The van der Waals surface area contributed by atoms with Gasteiger partial charge in [-0.15, -0.1) is 0 Å². The number of nitrogens with zero attached hydrogens (tertiary/aromatic N) is 1. The van der Waals surface area contributed by atoms with Crippen molar-refractivity contribution in [2.45, 2.75) is 26.1 Å². The van der Waals surface area contributed by atoms with Crippen molar-refractivity contribution in [1.82, 2.24) is 5.32 Å². The van der Waals surface area contributed by atoms with Crippen LogP contribution >= 0.6 is 12.2 Å². The van der Waals surface area contributed by atoms with Gasteiger partial charge in [-0.3, -0.25) is 4.90 Å². The van der Waals surface area contributed by atoms with Crippen molar-refractivity contribution >= 4 is 29.1 Å². The van der Waals surface area contributed by atoms with Crippen molar-refractivity contribution in [3.8, 4) is 5.75 Å². The van der Waals surface area contributed by atoms with Crippen LogP contribution in [0.15, 0.2) is 24.3 Å². The van der Waals surface area contributed by atoms with E-state index in [0.29, 0.717) is 13.1 Å². The van der Waals surface area contributed by atoms with Gasteiger partial charge in [0.25, 0.3) is 0 Å². The number of hydrogen-bond acceptors (Lipinski definition) is 4. The summed E-state index contributed by atoms with van der Waals surface area (Å²) in [6.45, 7) is 4.79. The summed E-state index contributed by atoms with van der Waals surface area (Å²) in [6.07, 6.45) is -0.531. The van der Waals surface area contributed by atoms with Gasteiger partial charge in [-0.05, 0) is 50.3 Å². The molecule has 1 saturated heterocycles. The van der Waals surface area contributed by atoms with Gasteiger partial charge in [0.1, 0.15) is 11.9 Å². The lowest BCUT2D eigenvalue weighted by Crippen LogP contribution is -2.37. The molecule has 2 rings (SSSR count). The lowest BCUT2D eigenvalue weighted by molar-refractivity contribution is 0.143. The second-order valence-electron chi connectivity index (χ2n) is 5.02. The Balaban J connectivity index is 1.98. The Morgan fingerprint density at radius 3 is 2.76 bits per heavy atom. The fourth-order valence-electron chi connectivity index (χ4n) is 2.03. The molecule has 1 atom stereocenters. The SMILES string of the molecule is CC(C)Oc1ccc(N2C[C@H](CNC(N)=S)OC2=O)cc1. The molecule has 1 aromatic rings. The van der Waals surface area contributed by atoms with Crippen molar-refractivity contribution in [3.05, 3.63) is 24.3 Å². The summed E-state index contributed by atoms with van der Waals surface area (Å²) in [6, 6.07) is 7.34. The van der Waals surface area contributed by atoms with Gasteiger partial charge < -0.3 is 20.5 Å². The molecule has 6 nitrogen and oxygen atoms in total. The summed E-state index contributed by atoms with van der Waals surface area (Å²) in [5.74, 6) is 0.771. The smallest absolute Gasteiger partial charge is 0.414 e. The first kappa shape index (κ1) is 15.4. The van der Waals surface area contributed by atoms with Crippen LogP contribution in [0, 0.1) is 0 Å². The van der Waals surface area contributed by atoms with Crippen LogP contribution in [-0.4, -0.2) is 36.5 Å². The second kappa shape index (κ2) is 6.62. The van der Waals surface area contributed by atoms with Gasteiger partial charge in [0, 0.05) is 5.69 Å². The number of nitrogens with one attached hydrogen (secondary N) is 1. The first-order chi connectivity index (χ1) is 9.95. The number of hydrogen-bond donors (Lipinski definition) is 2. The maximum atomic E-state index is 11.9. The number of carbonyl (C=O) groups excluding carboxylic acids is 1. The normalized spacial score (nSPS) is 17.8. The molecule has 1 aromatic carbocycles. The zero-order valence-electron chi connectivity index (χ0n) is 12.0. The van der Waals surface area contributed by atoms with Crippen LogP contribution in [0.1, 0.15) is 13.8 Å². The van der Waals surface area contributed by atoms with Crippen LogP contribution in [0.3, 0.4) is 0 Å². The van der Waals surface area contributed by atoms with Crippen LogP contribution in [0.2, 0.25) is 0 Å². The summed E-state index contributed by atoms with van der Waals surface area (Å²) < 4.78 is 10.8. The van der Waals surface area contributed by atoms with Gasteiger partial charge in [0.2, 0.25) is 0 Å². The standard InChI is InChI=1S/C14H19N3O3S/c1-9(2)19-11-5-3-10(4-6-11)17-8-12(20-14(17)18)7-16-13(15)21/h3-6,9,12H,7-8H2,1-2H3,(H3,15,16,21)/t12-/m0/s1. The van der Waals surface area contributed by atoms with Crippen LogP contribution in [-0.2, 0) is 4.74 Å². The zero-order chi connectivity index (χ0) is 15.4. The topological polar surface area (TPSA) is 76.8 Å². The number of cyclic esters (lactones) is 1. The van der Waals surface area contributed by atoms with Gasteiger partial charge in [-0.1, -0.05) is 0 Å². The van der Waals surface area contributed by atoms with E-state index in [1.165, 1.54) is 0 Å². The van der Waals surface area contributed by atoms with Gasteiger partial charge >= 0.3 is 6.09 Å². The average molecular weight is 309 g/mol. The quantitative estimate of drug-likeness (QED) is 0.805. The highest BCUT2D eigenvalue weighted by atomic mass is 32.1. The lowest BCUT2D eigenvalue weighted by atomic mass is 10.2. The van der Waals surface area contributed by atoms with Crippen LogP contribution in [0.25, 0.3) is 0 Å². The molecular weight excluding hydrogens is 290 g/mol. The summed E-state index contributed by atoms with van der Waals surface area (Å²) >= 11 is 4.73.